The molecule has 1 unspecified atom stereocenters. The maximum absolute atomic E-state index is 5.71. The van der Waals surface area contributed by atoms with Gasteiger partial charge in [0.15, 0.2) is 5.13 Å². The van der Waals surface area contributed by atoms with E-state index in [9.17, 15) is 0 Å². The second-order valence-corrected chi connectivity index (χ2v) is 6.47. The van der Waals surface area contributed by atoms with Crippen molar-refractivity contribution in [3.8, 4) is 0 Å². The molecule has 0 saturated carbocycles. The molecule has 1 fully saturated rings. The van der Waals surface area contributed by atoms with Crippen molar-refractivity contribution in [2.24, 2.45) is 0 Å². The van der Waals surface area contributed by atoms with Gasteiger partial charge in [-0.1, -0.05) is 13.8 Å². The maximum Gasteiger partial charge on any atom is 0.185 e. The highest BCUT2D eigenvalue weighted by Crippen LogP contribution is 2.27. The normalized spacial score (nSPS) is 18.6. The maximum atomic E-state index is 5.71. The summed E-state index contributed by atoms with van der Waals surface area (Å²) in [4.78, 5) is 8.44. The van der Waals surface area contributed by atoms with Gasteiger partial charge in [0.1, 0.15) is 0 Å². The topological polar surface area (TPSA) is 37.4 Å². The monoisotopic (exact) mass is 297 g/mol. The standard InChI is InChI=1S/C15H27N3OS/c1-4-8-16-10-14-13(5-2)17-15(20-14)18(3)11-12-7-6-9-19-12/h12,16H,4-11H2,1-3H3. The highest BCUT2D eigenvalue weighted by Gasteiger charge is 2.20. The summed E-state index contributed by atoms with van der Waals surface area (Å²) in [7, 11) is 2.13. The molecule has 114 valence electrons. The predicted molar refractivity (Wildman–Crippen MR) is 85.7 cm³/mol. The van der Waals surface area contributed by atoms with Crippen molar-refractivity contribution >= 4 is 16.5 Å². The molecule has 20 heavy (non-hydrogen) atoms. The van der Waals surface area contributed by atoms with Gasteiger partial charge in [0.2, 0.25) is 0 Å². The lowest BCUT2D eigenvalue weighted by atomic mass is 10.2. The Morgan fingerprint density at radius 3 is 2.95 bits per heavy atom. The van der Waals surface area contributed by atoms with E-state index in [1.54, 1.807) is 0 Å². The number of nitrogens with one attached hydrogen (secondary N) is 1. The third-order valence-corrected chi connectivity index (χ3v) is 4.85. The molecule has 1 aromatic rings. The van der Waals surface area contributed by atoms with Crippen molar-refractivity contribution in [3.05, 3.63) is 10.6 Å². The minimum atomic E-state index is 0.385. The van der Waals surface area contributed by atoms with Crippen LogP contribution < -0.4 is 10.2 Å². The van der Waals surface area contributed by atoms with Crippen LogP contribution in [-0.2, 0) is 17.7 Å². The minimum absolute atomic E-state index is 0.385. The highest BCUT2D eigenvalue weighted by molar-refractivity contribution is 7.15. The van der Waals surface area contributed by atoms with Crippen molar-refractivity contribution < 1.29 is 4.74 Å². The van der Waals surface area contributed by atoms with Gasteiger partial charge in [0.25, 0.3) is 0 Å². The Hall–Kier alpha value is -0.650. The van der Waals surface area contributed by atoms with E-state index >= 15 is 0 Å². The summed E-state index contributed by atoms with van der Waals surface area (Å²) in [6.07, 6.45) is 4.94. The number of thiazole rings is 1. The molecule has 2 rings (SSSR count). The van der Waals surface area contributed by atoms with E-state index in [4.69, 9.17) is 9.72 Å². The van der Waals surface area contributed by atoms with Crippen LogP contribution in [0, 0.1) is 0 Å². The van der Waals surface area contributed by atoms with E-state index in [-0.39, 0.29) is 0 Å². The number of hydrogen-bond donors (Lipinski definition) is 1. The quantitative estimate of drug-likeness (QED) is 0.749. The molecule has 1 N–H and O–H groups in total. The Bertz CT molecular complexity index is 402. The highest BCUT2D eigenvalue weighted by atomic mass is 32.1. The average molecular weight is 297 g/mol. The molecule has 0 aliphatic carbocycles. The van der Waals surface area contributed by atoms with Crippen LogP contribution in [0.2, 0.25) is 0 Å². The molecule has 1 atom stereocenters. The molecule has 1 aliphatic heterocycles. The number of hydrogen-bond acceptors (Lipinski definition) is 5. The summed E-state index contributed by atoms with van der Waals surface area (Å²) in [6.45, 7) is 8.27. The van der Waals surface area contributed by atoms with E-state index in [2.05, 4.69) is 31.1 Å². The van der Waals surface area contributed by atoms with Crippen molar-refractivity contribution in [2.45, 2.75) is 52.2 Å². The second kappa shape index (κ2) is 7.96. The van der Waals surface area contributed by atoms with Gasteiger partial charge in [-0.15, -0.1) is 11.3 Å². The third kappa shape index (κ3) is 4.17. The summed E-state index contributed by atoms with van der Waals surface area (Å²) >= 11 is 1.82. The number of rotatable bonds is 8. The lowest BCUT2D eigenvalue weighted by Gasteiger charge is -2.19. The molecule has 2 heterocycles. The fourth-order valence-corrected chi connectivity index (χ4v) is 3.59. The predicted octanol–water partition coefficient (Wildman–Crippen LogP) is 2.82. The SMILES string of the molecule is CCCNCc1sc(N(C)CC2CCCO2)nc1CC. The van der Waals surface area contributed by atoms with Crippen molar-refractivity contribution in [2.75, 3.05) is 31.6 Å². The fraction of sp³-hybridized carbons (Fsp3) is 0.800. The van der Waals surface area contributed by atoms with Gasteiger partial charge in [-0.2, -0.15) is 0 Å². The van der Waals surface area contributed by atoms with Gasteiger partial charge in [-0.3, -0.25) is 0 Å². The van der Waals surface area contributed by atoms with E-state index < -0.39 is 0 Å². The zero-order valence-corrected chi connectivity index (χ0v) is 13.8. The molecule has 0 amide bonds. The number of nitrogens with zero attached hydrogens (tertiary/aromatic N) is 2. The summed E-state index contributed by atoms with van der Waals surface area (Å²) in [5.41, 5.74) is 1.24. The van der Waals surface area contributed by atoms with Crippen LogP contribution >= 0.6 is 11.3 Å². The van der Waals surface area contributed by atoms with E-state index in [0.29, 0.717) is 6.10 Å². The zero-order chi connectivity index (χ0) is 14.4. The summed E-state index contributed by atoms with van der Waals surface area (Å²) in [5.74, 6) is 0. The Kier molecular flexibility index (Phi) is 6.26. The first-order valence-electron chi connectivity index (χ1n) is 7.76. The molecule has 0 spiro atoms. The van der Waals surface area contributed by atoms with Crippen LogP contribution in [-0.4, -0.2) is 37.8 Å². The fourth-order valence-electron chi connectivity index (χ4n) is 2.50. The first-order valence-corrected chi connectivity index (χ1v) is 8.58. The molecule has 4 nitrogen and oxygen atoms in total. The molecular formula is C15H27N3OS. The lowest BCUT2D eigenvalue weighted by molar-refractivity contribution is 0.116. The first-order chi connectivity index (χ1) is 9.74. The van der Waals surface area contributed by atoms with Crippen LogP contribution in [0.25, 0.3) is 0 Å². The van der Waals surface area contributed by atoms with Crippen LogP contribution in [0.4, 0.5) is 5.13 Å². The van der Waals surface area contributed by atoms with Gasteiger partial charge in [-0.05, 0) is 32.2 Å². The van der Waals surface area contributed by atoms with Crippen LogP contribution in [0.5, 0.6) is 0 Å². The number of likely N-dealkylation sites (N-methyl/N-ethyl adjacent to an activating group) is 1. The van der Waals surface area contributed by atoms with Crippen molar-refractivity contribution in [1.29, 1.82) is 0 Å². The molecule has 1 aliphatic rings. The Balaban J connectivity index is 1.95. The average Bonchev–Trinajstić information content (AvgIpc) is 3.08. The van der Waals surface area contributed by atoms with Gasteiger partial charge in [-0.25, -0.2) is 4.98 Å². The van der Waals surface area contributed by atoms with Crippen LogP contribution in [0.15, 0.2) is 0 Å². The Labute approximate surface area is 126 Å². The molecule has 1 saturated heterocycles. The Morgan fingerprint density at radius 2 is 2.30 bits per heavy atom. The Morgan fingerprint density at radius 1 is 1.45 bits per heavy atom. The summed E-state index contributed by atoms with van der Waals surface area (Å²) in [6, 6.07) is 0. The molecule has 0 aromatic carbocycles. The lowest BCUT2D eigenvalue weighted by Crippen LogP contribution is -2.28. The van der Waals surface area contributed by atoms with E-state index in [1.807, 2.05) is 11.3 Å². The number of ether oxygens (including phenoxy) is 1. The van der Waals surface area contributed by atoms with Crippen molar-refractivity contribution in [3.63, 3.8) is 0 Å². The third-order valence-electron chi connectivity index (χ3n) is 3.64. The van der Waals surface area contributed by atoms with Gasteiger partial charge in [0, 0.05) is 31.6 Å². The molecular weight excluding hydrogens is 270 g/mol. The smallest absolute Gasteiger partial charge is 0.185 e. The second-order valence-electron chi connectivity index (χ2n) is 5.41. The molecule has 1 aromatic heterocycles. The van der Waals surface area contributed by atoms with E-state index in [0.717, 1.165) is 37.8 Å². The van der Waals surface area contributed by atoms with Gasteiger partial charge < -0.3 is 15.0 Å². The number of aromatic nitrogens is 1. The summed E-state index contributed by atoms with van der Waals surface area (Å²) in [5, 5.41) is 4.61. The molecule has 0 bridgehead atoms. The molecule has 0 radical (unpaired) electrons. The van der Waals surface area contributed by atoms with Gasteiger partial charge in [0.05, 0.1) is 11.8 Å². The zero-order valence-electron chi connectivity index (χ0n) is 12.9. The number of anilines is 1. The van der Waals surface area contributed by atoms with Crippen molar-refractivity contribution in [1.82, 2.24) is 10.3 Å². The largest absolute Gasteiger partial charge is 0.376 e. The van der Waals surface area contributed by atoms with E-state index in [1.165, 1.54) is 29.8 Å². The first kappa shape index (κ1) is 15.7. The van der Waals surface area contributed by atoms with Crippen LogP contribution in [0.3, 0.4) is 0 Å². The van der Waals surface area contributed by atoms with Gasteiger partial charge >= 0.3 is 0 Å². The minimum Gasteiger partial charge on any atom is -0.376 e. The molecule has 5 heteroatoms. The number of aryl methyl sites for hydroxylation is 1. The summed E-state index contributed by atoms with van der Waals surface area (Å²) < 4.78 is 5.71. The van der Waals surface area contributed by atoms with Crippen LogP contribution in [0.1, 0.15) is 43.7 Å².